The quantitative estimate of drug-likeness (QED) is 0.165. The predicted molar refractivity (Wildman–Crippen MR) is 208 cm³/mol. The molecule has 1 aromatic heterocycles. The molecule has 0 spiro atoms. The summed E-state index contributed by atoms with van der Waals surface area (Å²) in [6, 6.07) is 17.9. The van der Waals surface area contributed by atoms with Gasteiger partial charge in [0.2, 0.25) is 0 Å². The van der Waals surface area contributed by atoms with E-state index in [0.29, 0.717) is 25.0 Å². The number of aromatic nitrogens is 1. The van der Waals surface area contributed by atoms with Gasteiger partial charge in [-0.1, -0.05) is 62.8 Å². The summed E-state index contributed by atoms with van der Waals surface area (Å²) >= 11 is 0. The number of nitrogens with zero attached hydrogens (tertiary/aromatic N) is 1. The first kappa shape index (κ1) is 42.9. The van der Waals surface area contributed by atoms with Gasteiger partial charge in [-0.2, -0.15) is 0 Å². The number of pyridine rings is 1. The summed E-state index contributed by atoms with van der Waals surface area (Å²) in [7, 11) is 1.70. The molecule has 2 aromatic carbocycles. The molecule has 3 aromatic rings. The Bertz CT molecular complexity index is 1440. The smallest absolute Gasteiger partial charge is 0.191 e. The molecule has 2 heterocycles. The van der Waals surface area contributed by atoms with Crippen molar-refractivity contribution in [2.75, 3.05) is 37.0 Å². The minimum atomic E-state index is -0.180. The number of nitrogens with one attached hydrogen (secondary N) is 2. The maximum Gasteiger partial charge on any atom is 0.191 e. The van der Waals surface area contributed by atoms with Crippen molar-refractivity contribution in [3.63, 3.8) is 0 Å². The van der Waals surface area contributed by atoms with Crippen molar-refractivity contribution in [3.8, 4) is 0 Å². The topological polar surface area (TPSA) is 135 Å². The van der Waals surface area contributed by atoms with Crippen molar-refractivity contribution in [3.05, 3.63) is 76.5 Å². The van der Waals surface area contributed by atoms with E-state index in [1.807, 2.05) is 36.4 Å². The monoisotopic (exact) mass is 730 g/mol. The Morgan fingerprint density at radius 2 is 1.57 bits per heavy atom. The van der Waals surface area contributed by atoms with Crippen LogP contribution < -0.4 is 32.8 Å². The first-order valence-corrected chi connectivity index (χ1v) is 16.1. The van der Waals surface area contributed by atoms with Gasteiger partial charge < -0.3 is 37.1 Å². The summed E-state index contributed by atoms with van der Waals surface area (Å²) < 4.78 is 5.52. The fraction of sp³-hybridized carbons (Fsp3) is 0.514. The highest BCUT2D eigenvalue weighted by molar-refractivity contribution is 5.86. The summed E-state index contributed by atoms with van der Waals surface area (Å²) in [5.74, 6) is 2.28. The highest BCUT2D eigenvalue weighted by atomic mass is 35.5. The van der Waals surface area contributed by atoms with Crippen LogP contribution in [0.15, 0.2) is 65.5 Å². The second kappa shape index (κ2) is 20.4. The van der Waals surface area contributed by atoms with Crippen LogP contribution >= 0.6 is 49.6 Å². The van der Waals surface area contributed by atoms with Crippen LogP contribution in [0.2, 0.25) is 0 Å². The van der Waals surface area contributed by atoms with Crippen LogP contribution in [-0.4, -0.2) is 43.9 Å². The molecule has 2 fully saturated rings. The van der Waals surface area contributed by atoms with Gasteiger partial charge in [-0.15, -0.1) is 49.6 Å². The number of aromatic amines is 1. The van der Waals surface area contributed by atoms with Gasteiger partial charge in [-0.05, 0) is 73.9 Å². The highest BCUT2D eigenvalue weighted by Crippen LogP contribution is 2.38. The van der Waals surface area contributed by atoms with Gasteiger partial charge in [0.15, 0.2) is 5.43 Å². The van der Waals surface area contributed by atoms with Crippen LogP contribution in [0.3, 0.4) is 0 Å². The number of hydrogen-bond acceptors (Lipinski definition) is 7. The molecule has 0 radical (unpaired) electrons. The molecule has 47 heavy (non-hydrogen) atoms. The van der Waals surface area contributed by atoms with Crippen molar-refractivity contribution >= 4 is 77.8 Å². The van der Waals surface area contributed by atoms with Crippen molar-refractivity contribution < 1.29 is 4.74 Å². The molecule has 2 saturated carbocycles. The predicted octanol–water partition coefficient (Wildman–Crippen LogP) is 7.22. The van der Waals surface area contributed by atoms with E-state index in [1.54, 1.807) is 13.2 Å². The van der Waals surface area contributed by atoms with Crippen molar-refractivity contribution in [2.24, 2.45) is 28.5 Å². The lowest BCUT2D eigenvalue weighted by atomic mass is 9.74. The summed E-state index contributed by atoms with van der Waals surface area (Å²) in [4.78, 5) is 17.7. The average Bonchev–Trinajstić information content (AvgIpc) is 3.06. The number of H-pyrrole nitrogens is 1. The van der Waals surface area contributed by atoms with Crippen LogP contribution in [0.1, 0.15) is 69.8 Å². The zero-order chi connectivity index (χ0) is 30.2. The molecule has 8 nitrogen and oxygen atoms in total. The molecule has 0 saturated heterocycles. The van der Waals surface area contributed by atoms with E-state index in [-0.39, 0.29) is 66.6 Å². The lowest BCUT2D eigenvalue weighted by molar-refractivity contribution is 0.215. The number of halogens is 4. The zero-order valence-electron chi connectivity index (χ0n) is 27.3. The molecule has 2 aliphatic carbocycles. The zero-order valence-corrected chi connectivity index (χ0v) is 30.6. The van der Waals surface area contributed by atoms with Crippen LogP contribution in [0.4, 0.5) is 11.5 Å². The Kier molecular flexibility index (Phi) is 18.6. The maximum absolute atomic E-state index is 12.1. The highest BCUT2D eigenvalue weighted by Gasteiger charge is 2.34. The number of rotatable bonds is 8. The van der Waals surface area contributed by atoms with Gasteiger partial charge in [0.1, 0.15) is 17.7 Å². The molecule has 3 aliphatic rings. The summed E-state index contributed by atoms with van der Waals surface area (Å²) in [6.45, 7) is 2.18. The van der Waals surface area contributed by atoms with Crippen LogP contribution in [0.25, 0.3) is 16.7 Å². The normalized spacial score (nSPS) is 19.0. The Morgan fingerprint density at radius 1 is 0.936 bits per heavy atom. The van der Waals surface area contributed by atoms with Gasteiger partial charge in [0.05, 0.1) is 12.6 Å². The summed E-state index contributed by atoms with van der Waals surface area (Å²) in [5, 5.41) is 4.13. The standard InChI is InChI=1S/C18H27N3O.C17H23N3O.4ClH/c1-22-17-11-18(20)21(15-10-6-5-9-14(15)17)16(12-19)13-7-3-2-4-8-13;18-11-17(8-4-1-5-9-17)12-19-16-10-15(21)13-6-2-3-7-14(13)20-16;;;;/h5-6,9-11,13,16,18H,2-4,7-8,12,19-20H2,1H3;2-3,6-7,10H,1,4-5,8-9,11-12,18H2,(H2,19,20,21);4*1H. The third-order valence-corrected chi connectivity index (χ3v) is 9.84. The van der Waals surface area contributed by atoms with E-state index in [9.17, 15) is 4.79 Å². The molecule has 12 heteroatoms. The second-order valence-electron chi connectivity index (χ2n) is 12.6. The molecule has 1 aliphatic heterocycles. The molecule has 0 amide bonds. The van der Waals surface area contributed by atoms with Crippen LogP contribution in [0.5, 0.6) is 0 Å². The second-order valence-corrected chi connectivity index (χ2v) is 12.6. The number of benzene rings is 2. The van der Waals surface area contributed by atoms with E-state index in [0.717, 1.165) is 40.3 Å². The van der Waals surface area contributed by atoms with Crippen molar-refractivity contribution in [1.82, 2.24) is 4.98 Å². The third-order valence-electron chi connectivity index (χ3n) is 9.84. The Morgan fingerprint density at radius 3 is 2.23 bits per heavy atom. The lowest BCUT2D eigenvalue weighted by Crippen LogP contribution is -2.55. The average molecular weight is 733 g/mol. The number of anilines is 2. The van der Waals surface area contributed by atoms with Crippen LogP contribution in [0, 0.1) is 11.3 Å². The number of ether oxygens (including phenoxy) is 1. The van der Waals surface area contributed by atoms with Gasteiger partial charge in [0.25, 0.3) is 0 Å². The number of para-hydroxylation sites is 2. The number of fused-ring (bicyclic) bond motifs is 2. The van der Waals surface area contributed by atoms with E-state index in [4.69, 9.17) is 21.9 Å². The molecule has 264 valence electrons. The van der Waals surface area contributed by atoms with Gasteiger partial charge >= 0.3 is 0 Å². The Labute approximate surface area is 304 Å². The molecule has 2 unspecified atom stereocenters. The summed E-state index contributed by atoms with van der Waals surface area (Å²) in [5.41, 5.74) is 22.0. The SMILES string of the molecule is COC1=CC(N)N(C(CN)C2CCCCC2)c2ccccc21.Cl.Cl.Cl.Cl.NCC1(CNc2cc(=O)c3ccccc3[nH]2)CCCCC1. The van der Waals surface area contributed by atoms with Crippen molar-refractivity contribution in [1.29, 1.82) is 0 Å². The number of hydrogen-bond donors (Lipinski definition) is 5. The van der Waals surface area contributed by atoms with Gasteiger partial charge in [-0.25, -0.2) is 0 Å². The molecule has 6 rings (SSSR count). The van der Waals surface area contributed by atoms with Gasteiger partial charge in [-0.3, -0.25) is 4.79 Å². The molecule has 8 N–H and O–H groups in total. The van der Waals surface area contributed by atoms with Crippen LogP contribution in [-0.2, 0) is 4.74 Å². The first-order chi connectivity index (χ1) is 21.0. The van der Waals surface area contributed by atoms with E-state index in [1.165, 1.54) is 64.2 Å². The Balaban J connectivity index is 0.000000433. The van der Waals surface area contributed by atoms with E-state index >= 15 is 0 Å². The fourth-order valence-electron chi connectivity index (χ4n) is 7.35. The molecular formula is C35H54Cl4N6O2. The van der Waals surface area contributed by atoms with E-state index < -0.39 is 0 Å². The third kappa shape index (κ3) is 10.2. The maximum atomic E-state index is 12.1. The fourth-order valence-corrected chi connectivity index (χ4v) is 7.35. The van der Waals surface area contributed by atoms with Gasteiger partial charge in [0, 0.05) is 41.8 Å². The molecule has 2 atom stereocenters. The molecular weight excluding hydrogens is 678 g/mol. The minimum Gasteiger partial charge on any atom is -0.496 e. The number of nitrogens with two attached hydrogens (primary N) is 3. The first-order valence-electron chi connectivity index (χ1n) is 16.1. The lowest BCUT2D eigenvalue weighted by Gasteiger charge is -2.44. The minimum absolute atomic E-state index is 0. The van der Waals surface area contributed by atoms with Crippen molar-refractivity contribution in [2.45, 2.75) is 76.4 Å². The van der Waals surface area contributed by atoms with E-state index in [2.05, 4.69) is 33.4 Å². The summed E-state index contributed by atoms with van der Waals surface area (Å²) in [6.07, 6.45) is 14.5. The largest absolute Gasteiger partial charge is 0.496 e. The number of methoxy groups -OCH3 is 1. The molecule has 0 bridgehead atoms. The Hall–Kier alpha value is -2.17.